The summed E-state index contributed by atoms with van der Waals surface area (Å²) in [5.74, 6) is -2.31. The van der Waals surface area contributed by atoms with E-state index >= 15 is 0 Å². The zero-order valence-electron chi connectivity index (χ0n) is 28.4. The number of amides is 5. The second-order valence-corrected chi connectivity index (χ2v) is 13.7. The molecule has 0 saturated carbocycles. The highest BCUT2D eigenvalue weighted by Gasteiger charge is 2.31. The predicted molar refractivity (Wildman–Crippen MR) is 168 cm³/mol. The van der Waals surface area contributed by atoms with Crippen molar-refractivity contribution >= 4 is 35.9 Å². The molecule has 0 aromatic rings. The number of carbonyl (C=O) groups is 6. The number of hydrogen-bond acceptors (Lipinski definition) is 10. The fraction of sp³-hybridized carbons (Fsp3) is 0.800. The largest absolute Gasteiger partial charge is 0.460 e. The molecule has 0 aliphatic heterocycles. The third-order valence-corrected chi connectivity index (χ3v) is 5.60. The number of carbonyl (C=O) groups excluding carboxylic acids is 6. The molecular weight excluding hydrogens is 588 g/mol. The van der Waals surface area contributed by atoms with Gasteiger partial charge in [0.15, 0.2) is 0 Å². The van der Waals surface area contributed by atoms with E-state index in [1.54, 1.807) is 62.3 Å². The van der Waals surface area contributed by atoms with Gasteiger partial charge in [0.05, 0.1) is 6.04 Å². The van der Waals surface area contributed by atoms with Gasteiger partial charge in [0.25, 0.3) is 0 Å². The van der Waals surface area contributed by atoms with Crippen LogP contribution in [0.2, 0.25) is 0 Å². The highest BCUT2D eigenvalue weighted by molar-refractivity contribution is 5.87. The summed E-state index contributed by atoms with van der Waals surface area (Å²) < 4.78 is 16.2. The van der Waals surface area contributed by atoms with Crippen LogP contribution in [0.25, 0.3) is 0 Å². The van der Waals surface area contributed by atoms with Gasteiger partial charge in [-0.25, -0.2) is 19.2 Å². The lowest BCUT2D eigenvalue weighted by atomic mass is 10.1. The molecule has 0 rings (SSSR count). The number of ether oxygens (including phenoxy) is 3. The molecule has 3 atom stereocenters. The number of primary amides is 1. The maximum absolute atomic E-state index is 13.0. The normalized spacial score (nSPS) is 13.8. The van der Waals surface area contributed by atoms with E-state index in [2.05, 4.69) is 21.3 Å². The van der Waals surface area contributed by atoms with Gasteiger partial charge in [0, 0.05) is 19.5 Å². The quantitative estimate of drug-likeness (QED) is 0.0765. The number of nitrogens with two attached hydrogens (primary N) is 2. The lowest BCUT2D eigenvalue weighted by molar-refractivity contribution is -0.159. The molecule has 0 bridgehead atoms. The lowest BCUT2D eigenvalue weighted by Crippen LogP contribution is -2.53. The third-order valence-electron chi connectivity index (χ3n) is 5.60. The fourth-order valence-corrected chi connectivity index (χ4v) is 3.74. The topological polar surface area (TPSA) is 230 Å². The van der Waals surface area contributed by atoms with Crippen LogP contribution in [-0.2, 0) is 33.4 Å². The maximum atomic E-state index is 13.0. The van der Waals surface area contributed by atoms with Gasteiger partial charge in [0.1, 0.15) is 28.9 Å². The van der Waals surface area contributed by atoms with Crippen molar-refractivity contribution < 1.29 is 43.0 Å². The Kier molecular flexibility index (Phi) is 17.5. The molecule has 0 saturated heterocycles. The fourth-order valence-electron chi connectivity index (χ4n) is 3.74. The molecule has 260 valence electrons. The van der Waals surface area contributed by atoms with Crippen molar-refractivity contribution in [2.45, 2.75) is 142 Å². The molecular formula is C30H56N6O9. The molecule has 0 fully saturated rings. The second kappa shape index (κ2) is 19.0. The van der Waals surface area contributed by atoms with E-state index in [0.29, 0.717) is 32.2 Å². The van der Waals surface area contributed by atoms with Gasteiger partial charge in [-0.15, -0.1) is 0 Å². The smallest absolute Gasteiger partial charge is 0.329 e. The van der Waals surface area contributed by atoms with Crippen LogP contribution >= 0.6 is 0 Å². The van der Waals surface area contributed by atoms with Gasteiger partial charge in [-0.2, -0.15) is 0 Å². The molecule has 8 N–H and O–H groups in total. The van der Waals surface area contributed by atoms with Gasteiger partial charge in [-0.05, 0) is 101 Å². The number of rotatable bonds is 17. The average Bonchev–Trinajstić information content (AvgIpc) is 2.84. The minimum absolute atomic E-state index is 0.0855. The summed E-state index contributed by atoms with van der Waals surface area (Å²) in [6.07, 6.45) is 1.68. The Bertz CT molecular complexity index is 999. The summed E-state index contributed by atoms with van der Waals surface area (Å²) in [6.45, 7) is 15.9. The van der Waals surface area contributed by atoms with Crippen LogP contribution in [-0.4, -0.2) is 83.9 Å². The molecule has 0 aliphatic rings. The molecule has 0 aromatic carbocycles. The number of urea groups is 2. The molecule has 0 heterocycles. The van der Waals surface area contributed by atoms with E-state index in [1.807, 2.05) is 0 Å². The lowest BCUT2D eigenvalue weighted by Gasteiger charge is -2.27. The van der Waals surface area contributed by atoms with Crippen molar-refractivity contribution in [3.8, 4) is 0 Å². The minimum atomic E-state index is -1.19. The Morgan fingerprint density at radius 3 is 1.56 bits per heavy atom. The average molecular weight is 645 g/mol. The Labute approximate surface area is 267 Å². The molecule has 0 spiro atoms. The first-order valence-corrected chi connectivity index (χ1v) is 15.3. The number of hydrogen-bond donors (Lipinski definition) is 6. The van der Waals surface area contributed by atoms with Crippen LogP contribution in [0.3, 0.4) is 0 Å². The highest BCUT2D eigenvalue weighted by Crippen LogP contribution is 2.15. The maximum Gasteiger partial charge on any atom is 0.329 e. The van der Waals surface area contributed by atoms with E-state index in [4.69, 9.17) is 25.7 Å². The van der Waals surface area contributed by atoms with Crippen LogP contribution in [0.5, 0.6) is 0 Å². The van der Waals surface area contributed by atoms with Crippen molar-refractivity contribution in [3.63, 3.8) is 0 Å². The van der Waals surface area contributed by atoms with E-state index < -0.39 is 64.9 Å². The molecule has 0 aromatic heterocycles. The first-order chi connectivity index (χ1) is 20.5. The summed E-state index contributed by atoms with van der Waals surface area (Å²) in [7, 11) is 0. The second-order valence-electron chi connectivity index (χ2n) is 13.7. The summed E-state index contributed by atoms with van der Waals surface area (Å²) in [6, 6.07) is -4.48. The van der Waals surface area contributed by atoms with E-state index in [9.17, 15) is 28.8 Å². The summed E-state index contributed by atoms with van der Waals surface area (Å²) in [4.78, 5) is 74.1. The van der Waals surface area contributed by atoms with Crippen molar-refractivity contribution in [1.29, 1.82) is 0 Å². The van der Waals surface area contributed by atoms with Gasteiger partial charge in [-0.1, -0.05) is 0 Å². The third kappa shape index (κ3) is 22.5. The zero-order chi connectivity index (χ0) is 35.0. The van der Waals surface area contributed by atoms with Crippen LogP contribution in [0.4, 0.5) is 9.59 Å². The molecule has 15 heteroatoms. The Hall–Kier alpha value is -3.62. The van der Waals surface area contributed by atoms with E-state index in [-0.39, 0.29) is 31.7 Å². The Morgan fingerprint density at radius 2 is 1.09 bits per heavy atom. The Balaban J connectivity index is 5.26. The predicted octanol–water partition coefficient (Wildman–Crippen LogP) is 1.89. The SMILES string of the molecule is CC(C)(C)OC(=O)CC[C@H](NC(=O)N[C@@H](CCCCNC(=O)[C@@H](N)CCCNC(N)=O)C(=O)OC(C)(C)C)C(=O)OC(C)(C)C. The van der Waals surface area contributed by atoms with Gasteiger partial charge >= 0.3 is 30.0 Å². The first-order valence-electron chi connectivity index (χ1n) is 15.3. The van der Waals surface area contributed by atoms with E-state index in [0.717, 1.165) is 0 Å². The van der Waals surface area contributed by atoms with Crippen molar-refractivity contribution in [2.24, 2.45) is 11.5 Å². The summed E-state index contributed by atoms with van der Waals surface area (Å²) >= 11 is 0. The van der Waals surface area contributed by atoms with Crippen LogP contribution in [0, 0.1) is 0 Å². The van der Waals surface area contributed by atoms with E-state index in [1.165, 1.54) is 0 Å². The number of nitrogens with one attached hydrogen (secondary N) is 4. The van der Waals surface area contributed by atoms with Crippen molar-refractivity contribution in [3.05, 3.63) is 0 Å². The van der Waals surface area contributed by atoms with Crippen molar-refractivity contribution in [1.82, 2.24) is 21.3 Å². The molecule has 0 unspecified atom stereocenters. The monoisotopic (exact) mass is 644 g/mol. The number of unbranched alkanes of at least 4 members (excludes halogenated alkanes) is 1. The zero-order valence-corrected chi connectivity index (χ0v) is 28.4. The van der Waals surface area contributed by atoms with Crippen LogP contribution < -0.4 is 32.7 Å². The standard InChI is InChI=1S/C30H56N6O9/c1-28(2,3)43-22(37)16-15-21(25(40)45-30(7,8)9)36-27(42)35-20(24(39)44-29(4,5)6)14-10-11-17-33-23(38)19(31)13-12-18-34-26(32)41/h19-21H,10-18,31H2,1-9H3,(H,33,38)(H3,32,34,41)(H2,35,36,42)/t19-,20-,21-/m0/s1. The van der Waals surface area contributed by atoms with Crippen molar-refractivity contribution in [2.75, 3.05) is 13.1 Å². The molecule has 5 amide bonds. The molecule has 0 radical (unpaired) electrons. The van der Waals surface area contributed by atoms with Gasteiger partial charge in [-0.3, -0.25) is 9.59 Å². The van der Waals surface area contributed by atoms with Crippen LogP contribution in [0.15, 0.2) is 0 Å². The van der Waals surface area contributed by atoms with Gasteiger partial charge < -0.3 is 46.9 Å². The van der Waals surface area contributed by atoms with Crippen LogP contribution in [0.1, 0.15) is 107 Å². The Morgan fingerprint density at radius 1 is 0.622 bits per heavy atom. The summed E-state index contributed by atoms with van der Waals surface area (Å²) in [5, 5.41) is 10.2. The summed E-state index contributed by atoms with van der Waals surface area (Å²) in [5.41, 5.74) is 8.49. The molecule has 0 aliphatic carbocycles. The minimum Gasteiger partial charge on any atom is -0.460 e. The molecule has 45 heavy (non-hydrogen) atoms. The number of esters is 3. The first kappa shape index (κ1) is 41.4. The van der Waals surface area contributed by atoms with Gasteiger partial charge in [0.2, 0.25) is 5.91 Å². The highest BCUT2D eigenvalue weighted by atomic mass is 16.6. The molecule has 15 nitrogen and oxygen atoms in total.